The summed E-state index contributed by atoms with van der Waals surface area (Å²) >= 11 is 0. The second-order valence-electron chi connectivity index (χ2n) is 9.07. The van der Waals surface area contributed by atoms with E-state index in [1.54, 1.807) is 0 Å². The van der Waals surface area contributed by atoms with Crippen molar-refractivity contribution >= 4 is 18.0 Å². The average molecular weight is 463 g/mol. The number of carbonyl (C=O) groups is 3. The Kier molecular flexibility index (Phi) is 7.01. The fourth-order valence-electron chi connectivity index (χ4n) is 4.84. The number of aliphatic carboxylic acids is 1. The Bertz CT molecular complexity index is 1080. The molecule has 178 valence electrons. The highest BCUT2D eigenvalue weighted by atomic mass is 16.5. The van der Waals surface area contributed by atoms with E-state index < -0.39 is 30.1 Å². The summed E-state index contributed by atoms with van der Waals surface area (Å²) in [6, 6.07) is 14.4. The summed E-state index contributed by atoms with van der Waals surface area (Å²) in [6.45, 7) is 4.33. The standard InChI is InChI=1S/C27H30N2O5/c1-17(2)13-14-23(25(30)29-15-7-12-24(29)26(31)32)28-27(33)34-16-22-20-10-5-3-8-18(20)19-9-4-6-11-21(19)22/h3-6,8-11,13,22-24H,7,12,14-16H2,1-2H3,(H,28,33)(H,31,32)/t23?,24-/m0/s1. The zero-order valence-electron chi connectivity index (χ0n) is 19.5. The molecule has 1 fully saturated rings. The number of likely N-dealkylation sites (tertiary alicyclic amines) is 1. The number of carbonyl (C=O) groups excluding carboxylic acids is 2. The van der Waals surface area contributed by atoms with Crippen LogP contribution in [0.25, 0.3) is 11.1 Å². The second kappa shape index (κ2) is 10.1. The van der Waals surface area contributed by atoms with Crippen molar-refractivity contribution in [3.63, 3.8) is 0 Å². The van der Waals surface area contributed by atoms with E-state index in [2.05, 4.69) is 17.4 Å². The van der Waals surface area contributed by atoms with E-state index in [0.717, 1.165) is 27.8 Å². The number of alkyl carbamates (subject to hydrolysis) is 1. The first-order chi connectivity index (χ1) is 16.4. The SMILES string of the molecule is CC(C)=CCC(NC(=O)OCC1c2ccccc2-c2ccccc21)C(=O)N1CCC[C@H]1C(=O)O. The largest absolute Gasteiger partial charge is 0.480 e. The summed E-state index contributed by atoms with van der Waals surface area (Å²) in [4.78, 5) is 38.8. The Morgan fingerprint density at radius 3 is 2.29 bits per heavy atom. The molecule has 2 atom stereocenters. The van der Waals surface area contributed by atoms with E-state index >= 15 is 0 Å². The number of nitrogens with zero attached hydrogens (tertiary/aromatic N) is 1. The lowest BCUT2D eigenvalue weighted by molar-refractivity contribution is -0.148. The van der Waals surface area contributed by atoms with Crippen LogP contribution in [0, 0.1) is 0 Å². The van der Waals surface area contributed by atoms with Gasteiger partial charge in [0, 0.05) is 12.5 Å². The number of nitrogens with one attached hydrogen (secondary N) is 1. The van der Waals surface area contributed by atoms with Crippen LogP contribution in [-0.4, -0.2) is 53.2 Å². The van der Waals surface area contributed by atoms with Crippen LogP contribution in [0.3, 0.4) is 0 Å². The third-order valence-corrected chi connectivity index (χ3v) is 6.52. The van der Waals surface area contributed by atoms with E-state index in [1.165, 1.54) is 4.90 Å². The normalized spacial score (nSPS) is 17.5. The smallest absolute Gasteiger partial charge is 0.407 e. The molecule has 2 aromatic rings. The lowest BCUT2D eigenvalue weighted by Crippen LogP contribution is -2.51. The first-order valence-electron chi connectivity index (χ1n) is 11.6. The van der Waals surface area contributed by atoms with Crippen LogP contribution in [-0.2, 0) is 14.3 Å². The Hall–Kier alpha value is -3.61. The molecule has 1 heterocycles. The predicted octanol–water partition coefficient (Wildman–Crippen LogP) is 4.33. The van der Waals surface area contributed by atoms with Crippen LogP contribution in [0.15, 0.2) is 60.2 Å². The number of ether oxygens (including phenoxy) is 1. The maximum Gasteiger partial charge on any atom is 0.407 e. The topological polar surface area (TPSA) is 95.9 Å². The molecule has 1 aliphatic heterocycles. The van der Waals surface area contributed by atoms with E-state index in [9.17, 15) is 19.5 Å². The highest BCUT2D eigenvalue weighted by Gasteiger charge is 2.37. The lowest BCUT2D eigenvalue weighted by atomic mass is 9.98. The number of hydrogen-bond acceptors (Lipinski definition) is 4. The van der Waals surface area contributed by atoms with Gasteiger partial charge in [0.1, 0.15) is 18.7 Å². The fraction of sp³-hybridized carbons (Fsp3) is 0.370. The Morgan fingerprint density at radius 1 is 1.09 bits per heavy atom. The van der Waals surface area contributed by atoms with Crippen molar-refractivity contribution in [1.82, 2.24) is 10.2 Å². The van der Waals surface area contributed by atoms with Gasteiger partial charge in [0.2, 0.25) is 5.91 Å². The Balaban J connectivity index is 1.46. The van der Waals surface area contributed by atoms with Gasteiger partial charge in [-0.15, -0.1) is 0 Å². The number of rotatable bonds is 7. The molecule has 2 amide bonds. The number of allylic oxidation sites excluding steroid dienone is 1. The van der Waals surface area contributed by atoms with E-state index in [-0.39, 0.29) is 18.9 Å². The van der Waals surface area contributed by atoms with Gasteiger partial charge >= 0.3 is 12.1 Å². The number of carboxylic acid groups (broad SMARTS) is 1. The first kappa shape index (κ1) is 23.5. The van der Waals surface area contributed by atoms with Crippen molar-refractivity contribution in [3.8, 4) is 11.1 Å². The van der Waals surface area contributed by atoms with Crippen molar-refractivity contribution in [2.45, 2.75) is 51.1 Å². The van der Waals surface area contributed by atoms with Gasteiger partial charge in [-0.2, -0.15) is 0 Å². The minimum Gasteiger partial charge on any atom is -0.480 e. The molecular formula is C27H30N2O5. The number of hydrogen-bond donors (Lipinski definition) is 2. The maximum absolute atomic E-state index is 13.2. The van der Waals surface area contributed by atoms with E-state index in [1.807, 2.05) is 56.3 Å². The Labute approximate surface area is 199 Å². The van der Waals surface area contributed by atoms with Gasteiger partial charge in [-0.05, 0) is 55.4 Å². The van der Waals surface area contributed by atoms with Gasteiger partial charge in [0.25, 0.3) is 0 Å². The van der Waals surface area contributed by atoms with Crippen molar-refractivity contribution in [2.75, 3.05) is 13.2 Å². The molecule has 7 heteroatoms. The van der Waals surface area contributed by atoms with Crippen molar-refractivity contribution in [2.24, 2.45) is 0 Å². The van der Waals surface area contributed by atoms with Gasteiger partial charge in [0.05, 0.1) is 0 Å². The summed E-state index contributed by atoms with van der Waals surface area (Å²) < 4.78 is 5.61. The minimum atomic E-state index is -1.02. The van der Waals surface area contributed by atoms with Crippen LogP contribution >= 0.6 is 0 Å². The molecule has 1 unspecified atom stereocenters. The molecule has 7 nitrogen and oxygen atoms in total. The fourth-order valence-corrected chi connectivity index (χ4v) is 4.84. The zero-order valence-corrected chi connectivity index (χ0v) is 19.5. The molecule has 0 spiro atoms. The monoisotopic (exact) mass is 462 g/mol. The maximum atomic E-state index is 13.2. The average Bonchev–Trinajstić information content (AvgIpc) is 3.43. The summed E-state index contributed by atoms with van der Waals surface area (Å²) in [6.07, 6.45) is 2.49. The first-order valence-corrected chi connectivity index (χ1v) is 11.6. The minimum absolute atomic E-state index is 0.0833. The van der Waals surface area contributed by atoms with Crippen LogP contribution in [0.2, 0.25) is 0 Å². The zero-order chi connectivity index (χ0) is 24.2. The van der Waals surface area contributed by atoms with Gasteiger partial charge < -0.3 is 20.1 Å². The molecule has 34 heavy (non-hydrogen) atoms. The van der Waals surface area contributed by atoms with Gasteiger partial charge in [-0.3, -0.25) is 4.79 Å². The quantitative estimate of drug-likeness (QED) is 0.598. The van der Waals surface area contributed by atoms with Crippen LogP contribution in [0.1, 0.15) is 50.2 Å². The molecule has 1 saturated heterocycles. The van der Waals surface area contributed by atoms with Gasteiger partial charge in [-0.1, -0.05) is 60.2 Å². The molecule has 2 aliphatic rings. The summed E-state index contributed by atoms with van der Waals surface area (Å²) in [5.41, 5.74) is 5.49. The van der Waals surface area contributed by atoms with Crippen molar-refractivity contribution in [3.05, 3.63) is 71.3 Å². The number of amides is 2. The molecule has 0 radical (unpaired) electrons. The molecule has 2 N–H and O–H groups in total. The van der Waals surface area contributed by atoms with E-state index in [0.29, 0.717) is 19.4 Å². The van der Waals surface area contributed by atoms with Crippen molar-refractivity contribution < 1.29 is 24.2 Å². The van der Waals surface area contributed by atoms with E-state index in [4.69, 9.17) is 4.74 Å². The van der Waals surface area contributed by atoms with Crippen LogP contribution < -0.4 is 5.32 Å². The summed E-state index contributed by atoms with van der Waals surface area (Å²) in [5, 5.41) is 12.2. The van der Waals surface area contributed by atoms with Crippen LogP contribution in [0.4, 0.5) is 4.79 Å². The molecular weight excluding hydrogens is 432 g/mol. The summed E-state index contributed by atoms with van der Waals surface area (Å²) in [7, 11) is 0. The van der Waals surface area contributed by atoms with Crippen molar-refractivity contribution in [1.29, 1.82) is 0 Å². The molecule has 0 aromatic heterocycles. The number of benzene rings is 2. The molecule has 0 bridgehead atoms. The van der Waals surface area contributed by atoms with Crippen LogP contribution in [0.5, 0.6) is 0 Å². The number of fused-ring (bicyclic) bond motifs is 3. The molecule has 1 aliphatic carbocycles. The molecule has 2 aromatic carbocycles. The summed E-state index contributed by atoms with van der Waals surface area (Å²) in [5.74, 6) is -1.50. The van der Waals surface area contributed by atoms with Gasteiger partial charge in [-0.25, -0.2) is 9.59 Å². The molecule has 0 saturated carbocycles. The highest BCUT2D eigenvalue weighted by Crippen LogP contribution is 2.44. The highest BCUT2D eigenvalue weighted by molar-refractivity contribution is 5.90. The van der Waals surface area contributed by atoms with Gasteiger partial charge in [0.15, 0.2) is 0 Å². The molecule has 4 rings (SSSR count). The third-order valence-electron chi connectivity index (χ3n) is 6.52. The predicted molar refractivity (Wildman–Crippen MR) is 128 cm³/mol. The lowest BCUT2D eigenvalue weighted by Gasteiger charge is -2.27. The number of carboxylic acids is 1. The third kappa shape index (κ3) is 4.83. The second-order valence-corrected chi connectivity index (χ2v) is 9.07. The Morgan fingerprint density at radius 2 is 1.71 bits per heavy atom.